The molecule has 3 aromatic rings. The van der Waals surface area contributed by atoms with Gasteiger partial charge in [-0.2, -0.15) is 0 Å². The molecule has 0 amide bonds. The third-order valence-electron chi connectivity index (χ3n) is 3.48. The van der Waals surface area contributed by atoms with Crippen molar-refractivity contribution in [3.63, 3.8) is 0 Å². The standard InChI is InChI=1S/C16H18N4O/c1-12-2-4-13(5-3-12)10-14(11-21)19-15-16-18-7-9-20(16)8-6-17-15/h2-9,14,21H,10-11H2,1H3,(H,17,19). The van der Waals surface area contributed by atoms with Crippen molar-refractivity contribution in [1.82, 2.24) is 14.4 Å². The van der Waals surface area contributed by atoms with E-state index in [0.29, 0.717) is 5.82 Å². The SMILES string of the molecule is Cc1ccc(CC(CO)Nc2nccn3ccnc23)cc1. The molecule has 2 aromatic heterocycles. The molecule has 1 unspecified atom stereocenters. The Balaban J connectivity index is 1.78. The van der Waals surface area contributed by atoms with E-state index in [-0.39, 0.29) is 12.6 Å². The molecule has 0 bridgehead atoms. The number of fused-ring (bicyclic) bond motifs is 1. The summed E-state index contributed by atoms with van der Waals surface area (Å²) >= 11 is 0. The molecule has 2 heterocycles. The highest BCUT2D eigenvalue weighted by atomic mass is 16.3. The summed E-state index contributed by atoms with van der Waals surface area (Å²) in [5, 5.41) is 12.9. The van der Waals surface area contributed by atoms with E-state index in [2.05, 4.69) is 46.5 Å². The van der Waals surface area contributed by atoms with Crippen LogP contribution in [-0.2, 0) is 6.42 Å². The maximum atomic E-state index is 9.61. The van der Waals surface area contributed by atoms with Crippen molar-refractivity contribution in [2.45, 2.75) is 19.4 Å². The first-order valence-electron chi connectivity index (χ1n) is 6.97. The van der Waals surface area contributed by atoms with Gasteiger partial charge in [0.05, 0.1) is 12.6 Å². The molecule has 3 rings (SSSR count). The lowest BCUT2D eigenvalue weighted by Gasteiger charge is -2.17. The molecule has 0 radical (unpaired) electrons. The number of aryl methyl sites for hydroxylation is 1. The first kappa shape index (κ1) is 13.6. The van der Waals surface area contributed by atoms with Crippen molar-refractivity contribution >= 4 is 11.5 Å². The van der Waals surface area contributed by atoms with E-state index < -0.39 is 0 Å². The van der Waals surface area contributed by atoms with Crippen molar-refractivity contribution in [2.75, 3.05) is 11.9 Å². The number of rotatable bonds is 5. The number of nitrogens with one attached hydrogen (secondary N) is 1. The topological polar surface area (TPSA) is 62.5 Å². The average Bonchev–Trinajstić information content (AvgIpc) is 2.98. The molecule has 1 aromatic carbocycles. The van der Waals surface area contributed by atoms with Crippen molar-refractivity contribution < 1.29 is 5.11 Å². The molecular formula is C16H18N4O. The summed E-state index contributed by atoms with van der Waals surface area (Å²) in [7, 11) is 0. The molecule has 1 atom stereocenters. The number of benzene rings is 1. The van der Waals surface area contributed by atoms with Crippen LogP contribution in [0.3, 0.4) is 0 Å². The lowest BCUT2D eigenvalue weighted by atomic mass is 10.1. The fourth-order valence-corrected chi connectivity index (χ4v) is 2.32. The summed E-state index contributed by atoms with van der Waals surface area (Å²) in [6.45, 7) is 2.10. The number of nitrogens with zero attached hydrogens (tertiary/aromatic N) is 3. The van der Waals surface area contributed by atoms with Gasteiger partial charge in [0.2, 0.25) is 0 Å². The van der Waals surface area contributed by atoms with Gasteiger partial charge >= 0.3 is 0 Å². The molecule has 5 heteroatoms. The smallest absolute Gasteiger partial charge is 0.180 e. The van der Waals surface area contributed by atoms with E-state index in [4.69, 9.17) is 0 Å². The molecular weight excluding hydrogens is 264 g/mol. The summed E-state index contributed by atoms with van der Waals surface area (Å²) < 4.78 is 1.90. The highest BCUT2D eigenvalue weighted by Gasteiger charge is 2.12. The van der Waals surface area contributed by atoms with Crippen molar-refractivity contribution in [1.29, 1.82) is 0 Å². The van der Waals surface area contributed by atoms with Gasteiger partial charge < -0.3 is 14.8 Å². The summed E-state index contributed by atoms with van der Waals surface area (Å²) in [5.74, 6) is 0.689. The first-order valence-corrected chi connectivity index (χ1v) is 6.97. The number of aliphatic hydroxyl groups is 1. The number of hydrogen-bond acceptors (Lipinski definition) is 4. The number of hydrogen-bond donors (Lipinski definition) is 2. The zero-order valence-corrected chi connectivity index (χ0v) is 11.9. The number of aliphatic hydroxyl groups excluding tert-OH is 1. The minimum Gasteiger partial charge on any atom is -0.394 e. The number of imidazole rings is 1. The quantitative estimate of drug-likeness (QED) is 0.752. The average molecular weight is 282 g/mol. The Labute approximate surface area is 123 Å². The minimum absolute atomic E-state index is 0.0390. The molecule has 5 nitrogen and oxygen atoms in total. The maximum absolute atomic E-state index is 9.61. The lowest BCUT2D eigenvalue weighted by Crippen LogP contribution is -2.27. The van der Waals surface area contributed by atoms with Crippen LogP contribution in [0.5, 0.6) is 0 Å². The highest BCUT2D eigenvalue weighted by Crippen LogP contribution is 2.14. The Bertz CT molecular complexity index is 720. The van der Waals surface area contributed by atoms with Crippen LogP contribution in [0.15, 0.2) is 49.1 Å². The maximum Gasteiger partial charge on any atom is 0.180 e. The monoisotopic (exact) mass is 282 g/mol. The molecule has 0 aliphatic heterocycles. The van der Waals surface area contributed by atoms with Crippen LogP contribution in [0.4, 0.5) is 5.82 Å². The Morgan fingerprint density at radius 3 is 2.57 bits per heavy atom. The van der Waals surface area contributed by atoms with Crippen LogP contribution in [0.2, 0.25) is 0 Å². The Morgan fingerprint density at radius 1 is 1.14 bits per heavy atom. The van der Waals surface area contributed by atoms with Crippen LogP contribution in [0, 0.1) is 6.92 Å². The molecule has 2 N–H and O–H groups in total. The number of aromatic nitrogens is 3. The second-order valence-electron chi connectivity index (χ2n) is 5.15. The third kappa shape index (κ3) is 3.03. The van der Waals surface area contributed by atoms with E-state index in [0.717, 1.165) is 12.1 Å². The van der Waals surface area contributed by atoms with Crippen LogP contribution >= 0.6 is 0 Å². The molecule has 0 fully saturated rings. The summed E-state index contributed by atoms with van der Waals surface area (Å²) in [6.07, 6.45) is 7.91. The normalized spacial score (nSPS) is 12.5. The van der Waals surface area contributed by atoms with E-state index in [1.807, 2.05) is 16.8 Å². The zero-order valence-electron chi connectivity index (χ0n) is 11.9. The first-order chi connectivity index (χ1) is 10.3. The molecule has 0 spiro atoms. The highest BCUT2D eigenvalue weighted by molar-refractivity contribution is 5.62. The molecule has 108 valence electrons. The van der Waals surface area contributed by atoms with Gasteiger partial charge in [-0.05, 0) is 18.9 Å². The van der Waals surface area contributed by atoms with Crippen LogP contribution < -0.4 is 5.32 Å². The second-order valence-corrected chi connectivity index (χ2v) is 5.15. The fourth-order valence-electron chi connectivity index (χ4n) is 2.32. The lowest BCUT2D eigenvalue weighted by molar-refractivity contribution is 0.273. The van der Waals surface area contributed by atoms with E-state index in [1.54, 1.807) is 12.4 Å². The largest absolute Gasteiger partial charge is 0.394 e. The Kier molecular flexibility index (Phi) is 3.83. The number of anilines is 1. The molecule has 0 aliphatic carbocycles. The van der Waals surface area contributed by atoms with Gasteiger partial charge in [-0.1, -0.05) is 29.8 Å². The minimum atomic E-state index is -0.0943. The van der Waals surface area contributed by atoms with Gasteiger partial charge in [-0.25, -0.2) is 9.97 Å². The zero-order chi connectivity index (χ0) is 14.7. The van der Waals surface area contributed by atoms with Crippen LogP contribution in [0.25, 0.3) is 5.65 Å². The van der Waals surface area contributed by atoms with Gasteiger partial charge in [0.1, 0.15) is 0 Å². The van der Waals surface area contributed by atoms with E-state index in [9.17, 15) is 5.11 Å². The van der Waals surface area contributed by atoms with Gasteiger partial charge in [-0.15, -0.1) is 0 Å². The van der Waals surface area contributed by atoms with Gasteiger partial charge in [-0.3, -0.25) is 0 Å². The third-order valence-corrected chi connectivity index (χ3v) is 3.48. The summed E-state index contributed by atoms with van der Waals surface area (Å²) in [5.41, 5.74) is 3.18. The van der Waals surface area contributed by atoms with E-state index >= 15 is 0 Å². The fraction of sp³-hybridized carbons (Fsp3) is 0.250. The van der Waals surface area contributed by atoms with Gasteiger partial charge in [0.25, 0.3) is 0 Å². The van der Waals surface area contributed by atoms with Gasteiger partial charge in [0.15, 0.2) is 11.5 Å². The molecule has 21 heavy (non-hydrogen) atoms. The van der Waals surface area contributed by atoms with Gasteiger partial charge in [0, 0.05) is 24.8 Å². The van der Waals surface area contributed by atoms with E-state index in [1.165, 1.54) is 11.1 Å². The predicted molar refractivity (Wildman–Crippen MR) is 82.4 cm³/mol. The summed E-state index contributed by atoms with van der Waals surface area (Å²) in [4.78, 5) is 8.60. The second kappa shape index (κ2) is 5.93. The summed E-state index contributed by atoms with van der Waals surface area (Å²) in [6, 6.07) is 8.24. The molecule has 0 aliphatic rings. The Hall–Kier alpha value is -2.40. The van der Waals surface area contributed by atoms with Crippen LogP contribution in [0.1, 0.15) is 11.1 Å². The van der Waals surface area contributed by atoms with Crippen molar-refractivity contribution in [3.05, 3.63) is 60.2 Å². The molecule has 0 saturated carbocycles. The van der Waals surface area contributed by atoms with Crippen LogP contribution in [-0.4, -0.2) is 32.1 Å². The predicted octanol–water partition coefficient (Wildman–Crippen LogP) is 2.05. The molecule has 0 saturated heterocycles. The Morgan fingerprint density at radius 2 is 1.86 bits per heavy atom. The van der Waals surface area contributed by atoms with Crippen molar-refractivity contribution in [3.8, 4) is 0 Å². The van der Waals surface area contributed by atoms with Crippen molar-refractivity contribution in [2.24, 2.45) is 0 Å².